The fourth-order valence-corrected chi connectivity index (χ4v) is 3.26. The van der Waals surface area contributed by atoms with Crippen molar-refractivity contribution in [1.82, 2.24) is 19.9 Å². The maximum Gasteiger partial charge on any atom is 0.258 e. The number of hydrogen-bond donors (Lipinski definition) is 1. The Balaban J connectivity index is 0.00000225. The van der Waals surface area contributed by atoms with Crippen LogP contribution in [-0.2, 0) is 13.1 Å². The molecule has 2 heterocycles. The molecule has 0 saturated carbocycles. The van der Waals surface area contributed by atoms with E-state index in [-0.39, 0.29) is 12.4 Å². The fraction of sp³-hybridized carbons (Fsp3) is 0.333. The number of benzene rings is 2. The smallest absolute Gasteiger partial charge is 0.258 e. The molecule has 148 valence electrons. The average Bonchev–Trinajstić information content (AvgIpc) is 3.21. The number of aromatic nitrogens is 2. The van der Waals surface area contributed by atoms with Gasteiger partial charge in [-0.2, -0.15) is 4.98 Å². The second-order valence-corrected chi connectivity index (χ2v) is 7.10. The van der Waals surface area contributed by atoms with Crippen LogP contribution in [0.2, 0.25) is 0 Å². The van der Waals surface area contributed by atoms with E-state index < -0.39 is 0 Å². The summed E-state index contributed by atoms with van der Waals surface area (Å²) in [7, 11) is 2.18. The van der Waals surface area contributed by atoms with Crippen molar-refractivity contribution in [2.75, 3.05) is 33.2 Å². The number of halogens is 1. The SMILES string of the molecule is CN1CCN(Cc2ccc(-c3nc(-c4ccc(CN)cc4)no3)cc2)CC1.Cl. The molecule has 0 radical (unpaired) electrons. The van der Waals surface area contributed by atoms with Crippen molar-refractivity contribution in [3.8, 4) is 22.8 Å². The van der Waals surface area contributed by atoms with Gasteiger partial charge in [-0.25, -0.2) is 0 Å². The molecule has 0 atom stereocenters. The Kier molecular flexibility index (Phi) is 6.80. The number of piperazine rings is 1. The molecule has 4 rings (SSSR count). The molecule has 1 saturated heterocycles. The Morgan fingerprint density at radius 2 is 1.50 bits per heavy atom. The standard InChI is InChI=1S/C21H25N5O.ClH/c1-25-10-12-26(13-11-25)15-17-4-8-19(9-5-17)21-23-20(24-27-21)18-6-2-16(14-22)3-7-18;/h2-9H,10-15,22H2,1H3;1H. The molecule has 0 aliphatic carbocycles. The first kappa shape index (κ1) is 20.5. The normalized spacial score (nSPS) is 15.4. The van der Waals surface area contributed by atoms with Crippen molar-refractivity contribution in [3.05, 3.63) is 59.7 Å². The highest BCUT2D eigenvalue weighted by molar-refractivity contribution is 5.85. The molecule has 0 bridgehead atoms. The number of nitrogens with two attached hydrogens (primary N) is 1. The first-order chi connectivity index (χ1) is 13.2. The summed E-state index contributed by atoms with van der Waals surface area (Å²) in [5, 5.41) is 4.11. The molecule has 2 aromatic carbocycles. The maximum absolute atomic E-state index is 5.64. The van der Waals surface area contributed by atoms with Crippen LogP contribution in [0.15, 0.2) is 53.1 Å². The van der Waals surface area contributed by atoms with E-state index >= 15 is 0 Å². The van der Waals surface area contributed by atoms with Crippen LogP contribution in [0.25, 0.3) is 22.8 Å². The number of hydrogen-bond acceptors (Lipinski definition) is 6. The van der Waals surface area contributed by atoms with Gasteiger partial charge in [-0.05, 0) is 30.3 Å². The zero-order chi connectivity index (χ0) is 18.6. The molecule has 1 aliphatic heterocycles. The van der Waals surface area contributed by atoms with Crippen molar-refractivity contribution >= 4 is 12.4 Å². The molecule has 7 heteroatoms. The minimum absolute atomic E-state index is 0. The molecule has 2 N–H and O–H groups in total. The second-order valence-electron chi connectivity index (χ2n) is 7.10. The Morgan fingerprint density at radius 1 is 0.893 bits per heavy atom. The molecule has 0 amide bonds. The van der Waals surface area contributed by atoms with Crippen molar-refractivity contribution in [1.29, 1.82) is 0 Å². The predicted octanol–water partition coefficient (Wildman–Crippen LogP) is 3.03. The summed E-state index contributed by atoms with van der Waals surface area (Å²) >= 11 is 0. The third-order valence-electron chi connectivity index (χ3n) is 5.08. The Morgan fingerprint density at radius 3 is 2.14 bits per heavy atom. The summed E-state index contributed by atoms with van der Waals surface area (Å²) in [4.78, 5) is 9.40. The summed E-state index contributed by atoms with van der Waals surface area (Å²) in [5.41, 5.74) is 9.89. The molecule has 1 aromatic heterocycles. The molecular weight excluding hydrogens is 374 g/mol. The van der Waals surface area contributed by atoms with E-state index in [1.807, 2.05) is 24.3 Å². The van der Waals surface area contributed by atoms with Gasteiger partial charge in [0.15, 0.2) is 0 Å². The third kappa shape index (κ3) is 4.77. The van der Waals surface area contributed by atoms with Gasteiger partial charge < -0.3 is 15.2 Å². The van der Waals surface area contributed by atoms with Crippen molar-refractivity contribution in [3.63, 3.8) is 0 Å². The third-order valence-corrected chi connectivity index (χ3v) is 5.08. The van der Waals surface area contributed by atoms with Crippen LogP contribution >= 0.6 is 12.4 Å². The molecule has 3 aromatic rings. The van der Waals surface area contributed by atoms with Gasteiger partial charge in [-0.15, -0.1) is 12.4 Å². The average molecular weight is 400 g/mol. The lowest BCUT2D eigenvalue weighted by atomic mass is 10.1. The zero-order valence-electron chi connectivity index (χ0n) is 16.0. The lowest BCUT2D eigenvalue weighted by molar-refractivity contribution is 0.148. The van der Waals surface area contributed by atoms with Crippen LogP contribution < -0.4 is 5.73 Å². The van der Waals surface area contributed by atoms with Crippen molar-refractivity contribution in [2.45, 2.75) is 13.1 Å². The van der Waals surface area contributed by atoms with Gasteiger partial charge in [0, 0.05) is 50.4 Å². The van der Waals surface area contributed by atoms with Crippen LogP contribution in [-0.4, -0.2) is 53.2 Å². The van der Waals surface area contributed by atoms with E-state index in [4.69, 9.17) is 10.3 Å². The predicted molar refractivity (Wildman–Crippen MR) is 113 cm³/mol. The molecular formula is C21H26ClN5O. The highest BCUT2D eigenvalue weighted by Gasteiger charge is 2.14. The van der Waals surface area contributed by atoms with Gasteiger partial charge >= 0.3 is 0 Å². The Bertz CT molecular complexity index is 871. The van der Waals surface area contributed by atoms with E-state index in [9.17, 15) is 0 Å². The quantitative estimate of drug-likeness (QED) is 0.711. The van der Waals surface area contributed by atoms with Crippen molar-refractivity contribution < 1.29 is 4.52 Å². The number of likely N-dealkylation sites (N-methyl/N-ethyl adjacent to an activating group) is 1. The molecule has 0 spiro atoms. The largest absolute Gasteiger partial charge is 0.334 e. The number of rotatable bonds is 5. The minimum Gasteiger partial charge on any atom is -0.334 e. The first-order valence-corrected chi connectivity index (χ1v) is 9.34. The second kappa shape index (κ2) is 9.30. The summed E-state index contributed by atoms with van der Waals surface area (Å²) in [6, 6.07) is 16.3. The van der Waals surface area contributed by atoms with Crippen molar-refractivity contribution in [2.24, 2.45) is 5.73 Å². The lowest BCUT2D eigenvalue weighted by Crippen LogP contribution is -2.43. The Labute approximate surface area is 171 Å². The lowest BCUT2D eigenvalue weighted by Gasteiger charge is -2.32. The highest BCUT2D eigenvalue weighted by atomic mass is 35.5. The molecule has 6 nitrogen and oxygen atoms in total. The van der Waals surface area contributed by atoms with E-state index in [1.165, 1.54) is 5.56 Å². The molecule has 28 heavy (non-hydrogen) atoms. The van der Waals surface area contributed by atoms with Crippen LogP contribution in [0.5, 0.6) is 0 Å². The number of nitrogens with zero attached hydrogens (tertiary/aromatic N) is 4. The Hall–Kier alpha value is -2.25. The van der Waals surface area contributed by atoms with Crippen LogP contribution in [0, 0.1) is 0 Å². The van der Waals surface area contributed by atoms with E-state index in [0.717, 1.165) is 49.4 Å². The molecule has 1 aliphatic rings. The molecule has 0 unspecified atom stereocenters. The van der Waals surface area contributed by atoms with Crippen LogP contribution in [0.4, 0.5) is 0 Å². The topological polar surface area (TPSA) is 71.4 Å². The van der Waals surface area contributed by atoms with E-state index in [1.54, 1.807) is 0 Å². The summed E-state index contributed by atoms with van der Waals surface area (Å²) in [5.74, 6) is 1.13. The summed E-state index contributed by atoms with van der Waals surface area (Å²) in [6.07, 6.45) is 0. The zero-order valence-corrected chi connectivity index (χ0v) is 16.9. The van der Waals surface area contributed by atoms with Gasteiger partial charge in [0.2, 0.25) is 5.82 Å². The fourth-order valence-electron chi connectivity index (χ4n) is 3.26. The van der Waals surface area contributed by atoms with Crippen LogP contribution in [0.1, 0.15) is 11.1 Å². The van der Waals surface area contributed by atoms with Gasteiger partial charge in [0.1, 0.15) is 0 Å². The minimum atomic E-state index is 0. The van der Waals surface area contributed by atoms with E-state index in [2.05, 4.69) is 51.3 Å². The summed E-state index contributed by atoms with van der Waals surface area (Å²) < 4.78 is 5.46. The van der Waals surface area contributed by atoms with Gasteiger partial charge in [0.05, 0.1) is 0 Å². The highest BCUT2D eigenvalue weighted by Crippen LogP contribution is 2.23. The van der Waals surface area contributed by atoms with Gasteiger partial charge in [0.25, 0.3) is 5.89 Å². The first-order valence-electron chi connectivity index (χ1n) is 9.34. The summed E-state index contributed by atoms with van der Waals surface area (Å²) in [6.45, 7) is 6.02. The van der Waals surface area contributed by atoms with Gasteiger partial charge in [-0.1, -0.05) is 41.6 Å². The monoisotopic (exact) mass is 399 g/mol. The van der Waals surface area contributed by atoms with E-state index in [0.29, 0.717) is 18.3 Å². The van der Waals surface area contributed by atoms with Gasteiger partial charge in [-0.3, -0.25) is 4.90 Å². The molecule has 1 fully saturated rings. The maximum atomic E-state index is 5.64. The van der Waals surface area contributed by atoms with Crippen LogP contribution in [0.3, 0.4) is 0 Å².